The number of nitrogens with two attached hydrogens (primary N) is 1. The molecule has 9 nitrogen and oxygen atoms in total. The van der Waals surface area contributed by atoms with E-state index in [4.69, 9.17) is 35.2 Å². The van der Waals surface area contributed by atoms with Crippen LogP contribution in [0.15, 0.2) is 18.2 Å². The lowest BCUT2D eigenvalue weighted by Gasteiger charge is -2.08. The Kier molecular flexibility index (Phi) is 6.46. The molecule has 0 aliphatic heterocycles. The fourth-order valence-electron chi connectivity index (χ4n) is 1.07. The highest BCUT2D eigenvalue weighted by molar-refractivity contribution is 7.45. The SMILES string of the molecule is NC(Cc1cccc(O)c1O)C(=O)O.O=P(O)(O)O. The Morgan fingerprint density at radius 2 is 1.74 bits per heavy atom. The van der Waals surface area contributed by atoms with Gasteiger partial charge in [0.2, 0.25) is 0 Å². The zero-order valence-corrected chi connectivity index (χ0v) is 10.4. The van der Waals surface area contributed by atoms with Crippen molar-refractivity contribution in [3.63, 3.8) is 0 Å². The molecular weight excluding hydrogens is 281 g/mol. The average Bonchev–Trinajstić information content (AvgIpc) is 2.22. The van der Waals surface area contributed by atoms with Crippen molar-refractivity contribution in [3.05, 3.63) is 23.8 Å². The van der Waals surface area contributed by atoms with Gasteiger partial charge in [0.1, 0.15) is 6.04 Å². The van der Waals surface area contributed by atoms with E-state index in [0.29, 0.717) is 5.56 Å². The maximum absolute atomic E-state index is 10.4. The van der Waals surface area contributed by atoms with E-state index in [9.17, 15) is 9.90 Å². The second-order valence-electron chi connectivity index (χ2n) is 3.45. The maximum atomic E-state index is 10.4. The van der Waals surface area contributed by atoms with Crippen molar-refractivity contribution >= 4 is 13.8 Å². The van der Waals surface area contributed by atoms with Crippen molar-refractivity contribution in [1.29, 1.82) is 0 Å². The summed E-state index contributed by atoms with van der Waals surface area (Å²) >= 11 is 0. The van der Waals surface area contributed by atoms with Gasteiger partial charge in [-0.2, -0.15) is 0 Å². The summed E-state index contributed by atoms with van der Waals surface area (Å²) in [5.74, 6) is -1.74. The quantitative estimate of drug-likeness (QED) is 0.275. The van der Waals surface area contributed by atoms with E-state index in [1.807, 2.05) is 0 Å². The van der Waals surface area contributed by atoms with E-state index in [-0.39, 0.29) is 17.9 Å². The molecule has 0 aliphatic rings. The van der Waals surface area contributed by atoms with Gasteiger partial charge in [-0.25, -0.2) is 4.57 Å². The Balaban J connectivity index is 0.000000555. The number of hydrogen-bond donors (Lipinski definition) is 7. The fourth-order valence-corrected chi connectivity index (χ4v) is 1.07. The number of carbonyl (C=O) groups is 1. The zero-order valence-electron chi connectivity index (χ0n) is 9.54. The Labute approximate surface area is 107 Å². The van der Waals surface area contributed by atoms with Gasteiger partial charge in [-0.05, 0) is 11.6 Å². The minimum absolute atomic E-state index is 0.0183. The third-order valence-electron chi connectivity index (χ3n) is 1.86. The highest BCUT2D eigenvalue weighted by Gasteiger charge is 2.15. The Hall–Kier alpha value is -1.64. The molecule has 0 saturated carbocycles. The smallest absolute Gasteiger partial charge is 0.466 e. The van der Waals surface area contributed by atoms with Crippen LogP contribution in [0.4, 0.5) is 0 Å². The molecule has 0 amide bonds. The summed E-state index contributed by atoms with van der Waals surface area (Å²) in [5.41, 5.74) is 5.59. The average molecular weight is 295 g/mol. The van der Waals surface area contributed by atoms with Crippen molar-refractivity contribution in [3.8, 4) is 11.5 Å². The standard InChI is InChI=1S/C9H11NO4.H3O4P/c10-6(9(13)14)4-5-2-1-3-7(11)8(5)12;1-5(2,3)4/h1-3,6,11-12H,4,10H2,(H,13,14);(H3,1,2,3,4). The highest BCUT2D eigenvalue weighted by Crippen LogP contribution is 2.28. The molecular formula is C9H14NO8P. The summed E-state index contributed by atoms with van der Waals surface area (Å²) in [6, 6.07) is 3.25. The number of phenolic OH excluding ortho intramolecular Hbond substituents is 2. The molecule has 1 aromatic carbocycles. The van der Waals surface area contributed by atoms with Crippen molar-refractivity contribution < 1.29 is 39.4 Å². The van der Waals surface area contributed by atoms with Crippen LogP contribution in [0.25, 0.3) is 0 Å². The minimum atomic E-state index is -4.64. The lowest BCUT2D eigenvalue weighted by molar-refractivity contribution is -0.138. The number of carboxylic acid groups (broad SMARTS) is 1. The number of aromatic hydroxyl groups is 2. The molecule has 0 radical (unpaired) electrons. The molecule has 108 valence electrons. The van der Waals surface area contributed by atoms with Crippen molar-refractivity contribution in [2.45, 2.75) is 12.5 Å². The molecule has 0 heterocycles. The summed E-state index contributed by atoms with van der Waals surface area (Å²) in [6.07, 6.45) is -0.0183. The van der Waals surface area contributed by atoms with Gasteiger partial charge < -0.3 is 35.7 Å². The first-order valence-electron chi connectivity index (χ1n) is 4.79. The minimum Gasteiger partial charge on any atom is -0.504 e. The lowest BCUT2D eigenvalue weighted by Crippen LogP contribution is -2.32. The Morgan fingerprint density at radius 1 is 1.26 bits per heavy atom. The normalized spacial score (nSPS) is 12.2. The molecule has 0 aliphatic carbocycles. The van der Waals surface area contributed by atoms with E-state index in [1.54, 1.807) is 0 Å². The fraction of sp³-hybridized carbons (Fsp3) is 0.222. The van der Waals surface area contributed by atoms with Crippen molar-refractivity contribution in [2.75, 3.05) is 0 Å². The second kappa shape index (κ2) is 7.07. The predicted molar refractivity (Wildman–Crippen MR) is 63.3 cm³/mol. The lowest BCUT2D eigenvalue weighted by atomic mass is 10.1. The van der Waals surface area contributed by atoms with E-state index < -0.39 is 19.8 Å². The van der Waals surface area contributed by atoms with Crippen LogP contribution in [-0.4, -0.2) is 42.0 Å². The molecule has 19 heavy (non-hydrogen) atoms. The third kappa shape index (κ3) is 8.14. The molecule has 1 atom stereocenters. The summed E-state index contributed by atoms with van der Waals surface area (Å²) in [6.45, 7) is 0. The van der Waals surface area contributed by atoms with Gasteiger partial charge in [0.25, 0.3) is 0 Å². The molecule has 0 fully saturated rings. The van der Waals surface area contributed by atoms with Gasteiger partial charge in [-0.3, -0.25) is 4.79 Å². The first-order chi connectivity index (χ1) is 8.52. The molecule has 0 saturated heterocycles. The molecule has 0 aromatic heterocycles. The van der Waals surface area contributed by atoms with Crippen LogP contribution >= 0.6 is 7.82 Å². The molecule has 10 heteroatoms. The van der Waals surface area contributed by atoms with E-state index in [2.05, 4.69) is 0 Å². The Bertz CT molecular complexity index is 477. The summed E-state index contributed by atoms with van der Waals surface area (Å²) in [7, 11) is -4.64. The number of aliphatic carboxylic acids is 1. The van der Waals surface area contributed by atoms with Crippen LogP contribution in [0, 0.1) is 0 Å². The molecule has 0 spiro atoms. The van der Waals surface area contributed by atoms with Crippen LogP contribution in [0.3, 0.4) is 0 Å². The van der Waals surface area contributed by atoms with Gasteiger partial charge in [0.05, 0.1) is 0 Å². The molecule has 1 rings (SSSR count). The summed E-state index contributed by atoms with van der Waals surface area (Å²) in [5, 5.41) is 27.0. The molecule has 1 unspecified atom stereocenters. The maximum Gasteiger partial charge on any atom is 0.466 e. The van der Waals surface area contributed by atoms with Gasteiger partial charge >= 0.3 is 13.8 Å². The van der Waals surface area contributed by atoms with Crippen molar-refractivity contribution in [1.82, 2.24) is 0 Å². The van der Waals surface area contributed by atoms with Crippen LogP contribution in [0.2, 0.25) is 0 Å². The van der Waals surface area contributed by atoms with Gasteiger partial charge in [0, 0.05) is 6.42 Å². The predicted octanol–water partition coefficient (Wildman–Crippen LogP) is -0.876. The molecule has 1 aromatic rings. The summed E-state index contributed by atoms with van der Waals surface area (Å²) in [4.78, 5) is 32.0. The first-order valence-corrected chi connectivity index (χ1v) is 6.35. The van der Waals surface area contributed by atoms with Crippen LogP contribution in [0.5, 0.6) is 11.5 Å². The van der Waals surface area contributed by atoms with E-state index >= 15 is 0 Å². The zero-order chi connectivity index (χ0) is 15.2. The van der Waals surface area contributed by atoms with Crippen LogP contribution in [-0.2, 0) is 15.8 Å². The van der Waals surface area contributed by atoms with Gasteiger partial charge in [-0.1, -0.05) is 12.1 Å². The van der Waals surface area contributed by atoms with E-state index in [0.717, 1.165) is 0 Å². The number of para-hydroxylation sites is 1. The van der Waals surface area contributed by atoms with Gasteiger partial charge in [0.15, 0.2) is 11.5 Å². The number of carboxylic acids is 1. The monoisotopic (exact) mass is 295 g/mol. The second-order valence-corrected chi connectivity index (χ2v) is 4.47. The van der Waals surface area contributed by atoms with Gasteiger partial charge in [-0.15, -0.1) is 0 Å². The largest absolute Gasteiger partial charge is 0.504 e. The number of phosphoric acid groups is 1. The number of hydrogen-bond acceptors (Lipinski definition) is 5. The van der Waals surface area contributed by atoms with Crippen LogP contribution < -0.4 is 5.73 Å². The summed E-state index contributed by atoms with van der Waals surface area (Å²) < 4.78 is 8.88. The molecule has 0 bridgehead atoms. The molecule has 8 N–H and O–H groups in total. The number of phenols is 2. The van der Waals surface area contributed by atoms with E-state index in [1.165, 1.54) is 18.2 Å². The number of rotatable bonds is 3. The topological polar surface area (TPSA) is 182 Å². The Morgan fingerprint density at radius 3 is 2.16 bits per heavy atom. The van der Waals surface area contributed by atoms with Crippen LogP contribution in [0.1, 0.15) is 5.56 Å². The highest BCUT2D eigenvalue weighted by atomic mass is 31.2. The first kappa shape index (κ1) is 17.4. The third-order valence-corrected chi connectivity index (χ3v) is 1.86. The van der Waals surface area contributed by atoms with Crippen molar-refractivity contribution in [2.24, 2.45) is 5.73 Å². The number of benzene rings is 1.